The van der Waals surface area contributed by atoms with Gasteiger partial charge in [-0.05, 0) is 41.4 Å². The molecule has 0 heterocycles. The molecule has 112 valence electrons. The molecule has 1 rings (SSSR count). The highest BCUT2D eigenvalue weighted by Gasteiger charge is 2.13. The van der Waals surface area contributed by atoms with E-state index in [-0.39, 0.29) is 11.9 Å². The fourth-order valence-electron chi connectivity index (χ4n) is 1.78. The van der Waals surface area contributed by atoms with Crippen molar-refractivity contribution in [2.75, 3.05) is 19.0 Å². The van der Waals surface area contributed by atoms with Gasteiger partial charge in [0.25, 0.3) is 0 Å². The Morgan fingerprint density at radius 3 is 2.80 bits per heavy atom. The highest BCUT2D eigenvalue weighted by molar-refractivity contribution is 9.10. The molecule has 0 saturated heterocycles. The third-order valence-electron chi connectivity index (χ3n) is 3.02. The quantitative estimate of drug-likeness (QED) is 0.710. The minimum atomic E-state index is -0.292. The third-order valence-corrected chi connectivity index (χ3v) is 3.71. The van der Waals surface area contributed by atoms with E-state index in [9.17, 15) is 4.79 Å². The summed E-state index contributed by atoms with van der Waals surface area (Å²) in [6, 6.07) is 5.34. The highest BCUT2D eigenvalue weighted by Crippen LogP contribution is 2.27. The van der Waals surface area contributed by atoms with E-state index in [1.807, 2.05) is 25.1 Å². The van der Waals surface area contributed by atoms with Crippen LogP contribution in [0.3, 0.4) is 0 Å². The average Bonchev–Trinajstić information content (AvgIpc) is 2.45. The number of hydrogen-bond donors (Lipinski definition) is 2. The first kappa shape index (κ1) is 16.8. The van der Waals surface area contributed by atoms with Gasteiger partial charge in [-0.15, -0.1) is 0 Å². The maximum Gasteiger partial charge on any atom is 0.242 e. The Morgan fingerprint density at radius 1 is 1.40 bits per heavy atom. The zero-order valence-corrected chi connectivity index (χ0v) is 13.9. The molecule has 0 radical (unpaired) electrons. The van der Waals surface area contributed by atoms with Gasteiger partial charge in [0.15, 0.2) is 0 Å². The normalized spacial score (nSPS) is 11.8. The predicted molar refractivity (Wildman–Crippen MR) is 86.3 cm³/mol. The van der Waals surface area contributed by atoms with Crippen molar-refractivity contribution in [3.63, 3.8) is 0 Å². The SMILES string of the molecule is CCCCCNC(=O)C(C)Nc1cc(OC)ccc1Br. The molecule has 0 aliphatic heterocycles. The van der Waals surface area contributed by atoms with Gasteiger partial charge in [-0.3, -0.25) is 4.79 Å². The molecule has 1 atom stereocenters. The fraction of sp³-hybridized carbons (Fsp3) is 0.533. The van der Waals surface area contributed by atoms with Crippen molar-refractivity contribution in [1.29, 1.82) is 0 Å². The van der Waals surface area contributed by atoms with Gasteiger partial charge in [-0.2, -0.15) is 0 Å². The van der Waals surface area contributed by atoms with Gasteiger partial charge in [0.2, 0.25) is 5.91 Å². The lowest BCUT2D eigenvalue weighted by Gasteiger charge is -2.17. The zero-order chi connectivity index (χ0) is 15.0. The summed E-state index contributed by atoms with van der Waals surface area (Å²) in [6.07, 6.45) is 3.32. The first-order chi connectivity index (χ1) is 9.58. The number of ether oxygens (including phenoxy) is 1. The minimum absolute atomic E-state index is 0.0100. The zero-order valence-electron chi connectivity index (χ0n) is 12.3. The summed E-state index contributed by atoms with van der Waals surface area (Å²) >= 11 is 3.46. The number of anilines is 1. The van der Waals surface area contributed by atoms with Gasteiger partial charge in [0.1, 0.15) is 11.8 Å². The Labute approximate surface area is 129 Å². The molecule has 0 bridgehead atoms. The average molecular weight is 343 g/mol. The van der Waals surface area contributed by atoms with Gasteiger partial charge in [0.05, 0.1) is 12.8 Å². The van der Waals surface area contributed by atoms with Crippen molar-refractivity contribution in [2.45, 2.75) is 39.2 Å². The summed E-state index contributed by atoms with van der Waals surface area (Å²) in [6.45, 7) is 4.73. The molecule has 0 aliphatic rings. The van der Waals surface area contributed by atoms with Crippen LogP contribution >= 0.6 is 15.9 Å². The second-order valence-electron chi connectivity index (χ2n) is 4.71. The predicted octanol–water partition coefficient (Wildman–Crippen LogP) is 3.56. The maximum atomic E-state index is 12.0. The summed E-state index contributed by atoms with van der Waals surface area (Å²) in [5, 5.41) is 6.12. The van der Waals surface area contributed by atoms with E-state index in [0.717, 1.165) is 41.7 Å². The lowest BCUT2D eigenvalue weighted by Crippen LogP contribution is -2.38. The van der Waals surface area contributed by atoms with Gasteiger partial charge < -0.3 is 15.4 Å². The molecule has 2 N–H and O–H groups in total. The summed E-state index contributed by atoms with van der Waals surface area (Å²) in [5.41, 5.74) is 0.848. The molecule has 0 fully saturated rings. The second kappa shape index (κ2) is 8.84. The smallest absolute Gasteiger partial charge is 0.242 e. The number of nitrogens with one attached hydrogen (secondary N) is 2. The number of carbonyl (C=O) groups excluding carboxylic acids is 1. The van der Waals surface area contributed by atoms with E-state index in [0.29, 0.717) is 0 Å². The van der Waals surface area contributed by atoms with Crippen LogP contribution in [0, 0.1) is 0 Å². The lowest BCUT2D eigenvalue weighted by molar-refractivity contribution is -0.121. The van der Waals surface area contributed by atoms with Crippen LogP contribution in [0.15, 0.2) is 22.7 Å². The molecule has 0 aliphatic carbocycles. The van der Waals surface area contributed by atoms with Crippen molar-refractivity contribution in [3.05, 3.63) is 22.7 Å². The highest BCUT2D eigenvalue weighted by atomic mass is 79.9. The molecule has 20 heavy (non-hydrogen) atoms. The molecule has 1 unspecified atom stereocenters. The van der Waals surface area contributed by atoms with Crippen molar-refractivity contribution in [3.8, 4) is 5.75 Å². The standard InChI is InChI=1S/C15H23BrN2O2/c1-4-5-6-9-17-15(19)11(2)18-14-10-12(20-3)7-8-13(14)16/h7-8,10-11,18H,4-6,9H2,1-3H3,(H,17,19). The topological polar surface area (TPSA) is 50.4 Å². The number of carbonyl (C=O) groups is 1. The van der Waals surface area contributed by atoms with Gasteiger partial charge in [0, 0.05) is 17.1 Å². The minimum Gasteiger partial charge on any atom is -0.497 e. The van der Waals surface area contributed by atoms with E-state index >= 15 is 0 Å². The summed E-state index contributed by atoms with van der Waals surface area (Å²) < 4.78 is 6.09. The third kappa shape index (κ3) is 5.41. The van der Waals surface area contributed by atoms with Crippen LogP contribution in [0.1, 0.15) is 33.1 Å². The van der Waals surface area contributed by atoms with E-state index in [2.05, 4.69) is 33.5 Å². The second-order valence-corrected chi connectivity index (χ2v) is 5.56. The summed E-state index contributed by atoms with van der Waals surface area (Å²) in [7, 11) is 1.62. The van der Waals surface area contributed by atoms with E-state index in [4.69, 9.17) is 4.74 Å². The van der Waals surface area contributed by atoms with Crippen molar-refractivity contribution >= 4 is 27.5 Å². The molecule has 0 saturated carbocycles. The monoisotopic (exact) mass is 342 g/mol. The van der Waals surface area contributed by atoms with Crippen molar-refractivity contribution in [2.24, 2.45) is 0 Å². The van der Waals surface area contributed by atoms with Crippen molar-refractivity contribution < 1.29 is 9.53 Å². The molecule has 0 aromatic heterocycles. The van der Waals surface area contributed by atoms with Crippen LogP contribution < -0.4 is 15.4 Å². The molecule has 4 nitrogen and oxygen atoms in total. The Bertz CT molecular complexity index is 438. The molecule has 1 amide bonds. The maximum absolute atomic E-state index is 12.0. The van der Waals surface area contributed by atoms with Crippen LogP contribution in [0.25, 0.3) is 0 Å². The molecular weight excluding hydrogens is 320 g/mol. The van der Waals surface area contributed by atoms with E-state index in [1.54, 1.807) is 7.11 Å². The Balaban J connectivity index is 2.52. The Kier molecular flexibility index (Phi) is 7.44. The van der Waals surface area contributed by atoms with Crippen LogP contribution in [-0.2, 0) is 4.79 Å². The summed E-state index contributed by atoms with van der Waals surface area (Å²) in [5.74, 6) is 0.766. The van der Waals surface area contributed by atoms with Crippen LogP contribution in [0.4, 0.5) is 5.69 Å². The molecule has 5 heteroatoms. The van der Waals surface area contributed by atoms with E-state index < -0.39 is 0 Å². The number of benzene rings is 1. The van der Waals surface area contributed by atoms with E-state index in [1.165, 1.54) is 0 Å². The number of rotatable bonds is 8. The van der Waals surface area contributed by atoms with Crippen LogP contribution in [0.2, 0.25) is 0 Å². The van der Waals surface area contributed by atoms with Gasteiger partial charge >= 0.3 is 0 Å². The number of amides is 1. The van der Waals surface area contributed by atoms with Crippen molar-refractivity contribution in [1.82, 2.24) is 5.32 Å². The molecule has 1 aromatic rings. The Morgan fingerprint density at radius 2 is 2.15 bits per heavy atom. The fourth-order valence-corrected chi connectivity index (χ4v) is 2.14. The molecule has 0 spiro atoms. The molecule has 1 aromatic carbocycles. The first-order valence-electron chi connectivity index (χ1n) is 6.96. The number of halogens is 1. The van der Waals surface area contributed by atoms with Crippen LogP contribution in [0.5, 0.6) is 5.75 Å². The van der Waals surface area contributed by atoms with Crippen LogP contribution in [-0.4, -0.2) is 25.6 Å². The number of unbranched alkanes of at least 4 members (excludes halogenated alkanes) is 2. The largest absolute Gasteiger partial charge is 0.497 e. The molecular formula is C15H23BrN2O2. The Hall–Kier alpha value is -1.23. The first-order valence-corrected chi connectivity index (χ1v) is 7.75. The number of hydrogen-bond acceptors (Lipinski definition) is 3. The number of methoxy groups -OCH3 is 1. The van der Waals surface area contributed by atoms with Gasteiger partial charge in [-0.25, -0.2) is 0 Å². The van der Waals surface area contributed by atoms with Gasteiger partial charge in [-0.1, -0.05) is 19.8 Å². The summed E-state index contributed by atoms with van der Waals surface area (Å²) in [4.78, 5) is 12.0. The lowest BCUT2D eigenvalue weighted by atomic mass is 10.2.